The van der Waals surface area contributed by atoms with E-state index >= 15 is 0 Å². The molecule has 7 heteroatoms. The first-order valence-electron chi connectivity index (χ1n) is 3.97. The van der Waals surface area contributed by atoms with Crippen molar-refractivity contribution < 1.29 is 13.2 Å². The van der Waals surface area contributed by atoms with E-state index in [0.29, 0.717) is 5.82 Å². The van der Waals surface area contributed by atoms with E-state index < -0.39 is 11.7 Å². The van der Waals surface area contributed by atoms with Crippen molar-refractivity contribution >= 4 is 21.6 Å². The summed E-state index contributed by atoms with van der Waals surface area (Å²) >= 11 is 2.85. The molecule has 0 atom stereocenters. The first-order valence-corrected chi connectivity index (χ1v) is 4.77. The average molecular weight is 280 g/mol. The van der Waals surface area contributed by atoms with Crippen molar-refractivity contribution in [1.29, 1.82) is 0 Å². The molecule has 0 saturated carbocycles. The Morgan fingerprint density at radius 3 is 2.67 bits per heavy atom. The van der Waals surface area contributed by atoms with Crippen molar-refractivity contribution in [3.63, 3.8) is 0 Å². The van der Waals surface area contributed by atoms with Crippen LogP contribution in [0.1, 0.15) is 11.4 Å². The van der Waals surface area contributed by atoms with Gasteiger partial charge in [0.25, 0.3) is 0 Å². The fourth-order valence-corrected chi connectivity index (χ4v) is 1.77. The lowest BCUT2D eigenvalue weighted by atomic mass is 10.2. The van der Waals surface area contributed by atoms with E-state index in [1.807, 2.05) is 0 Å². The van der Waals surface area contributed by atoms with Crippen LogP contribution in [-0.4, -0.2) is 14.6 Å². The standard InChI is InChI=1S/C8H5BrF3N3/c1-4-13-7-2-5(8(10,11)12)6(9)3-15(7)14-4/h2-3H,1H3. The van der Waals surface area contributed by atoms with Crippen molar-refractivity contribution in [3.8, 4) is 0 Å². The van der Waals surface area contributed by atoms with Crippen molar-refractivity contribution in [1.82, 2.24) is 14.6 Å². The zero-order valence-corrected chi connectivity index (χ0v) is 9.09. The number of pyridine rings is 1. The smallest absolute Gasteiger partial charge is 0.220 e. The number of aryl methyl sites for hydroxylation is 1. The van der Waals surface area contributed by atoms with Gasteiger partial charge in [0.15, 0.2) is 5.65 Å². The molecule has 0 unspecified atom stereocenters. The number of fused-ring (bicyclic) bond motifs is 1. The lowest BCUT2D eigenvalue weighted by molar-refractivity contribution is -0.138. The Morgan fingerprint density at radius 2 is 2.07 bits per heavy atom. The summed E-state index contributed by atoms with van der Waals surface area (Å²) in [6, 6.07) is 0.962. The zero-order valence-electron chi connectivity index (χ0n) is 7.51. The number of halogens is 4. The quantitative estimate of drug-likeness (QED) is 0.742. The molecule has 15 heavy (non-hydrogen) atoms. The van der Waals surface area contributed by atoms with E-state index in [1.54, 1.807) is 6.92 Å². The fraction of sp³-hybridized carbons (Fsp3) is 0.250. The molecular formula is C8H5BrF3N3. The van der Waals surface area contributed by atoms with Crippen LogP contribution in [0.4, 0.5) is 13.2 Å². The molecule has 0 N–H and O–H groups in total. The Labute approximate surface area is 91.1 Å². The first kappa shape index (κ1) is 10.4. The highest BCUT2D eigenvalue weighted by Gasteiger charge is 2.33. The summed E-state index contributed by atoms with van der Waals surface area (Å²) < 4.78 is 38.7. The minimum absolute atomic E-state index is 0.0487. The summed E-state index contributed by atoms with van der Waals surface area (Å²) in [4.78, 5) is 3.86. The largest absolute Gasteiger partial charge is 0.417 e. The normalized spacial score (nSPS) is 12.3. The lowest BCUT2D eigenvalue weighted by Gasteiger charge is -2.08. The maximum Gasteiger partial charge on any atom is 0.417 e. The lowest BCUT2D eigenvalue weighted by Crippen LogP contribution is -2.07. The molecule has 2 rings (SSSR count). The van der Waals surface area contributed by atoms with Gasteiger partial charge in [0.05, 0.1) is 5.56 Å². The van der Waals surface area contributed by atoms with Crippen molar-refractivity contribution in [2.45, 2.75) is 13.1 Å². The molecule has 0 spiro atoms. The van der Waals surface area contributed by atoms with E-state index in [-0.39, 0.29) is 10.1 Å². The average Bonchev–Trinajstić information content (AvgIpc) is 2.40. The van der Waals surface area contributed by atoms with E-state index in [9.17, 15) is 13.2 Å². The van der Waals surface area contributed by atoms with Gasteiger partial charge in [-0.15, -0.1) is 0 Å². The summed E-state index contributed by atoms with van der Waals surface area (Å²) in [5, 5.41) is 3.91. The van der Waals surface area contributed by atoms with Gasteiger partial charge in [-0.2, -0.15) is 18.3 Å². The summed E-state index contributed by atoms with van der Waals surface area (Å²) in [7, 11) is 0. The van der Waals surface area contributed by atoms with Gasteiger partial charge in [0.2, 0.25) is 0 Å². The predicted octanol–water partition coefficient (Wildman–Crippen LogP) is 2.82. The minimum atomic E-state index is -4.39. The number of aromatic nitrogens is 3. The van der Waals surface area contributed by atoms with Crippen LogP contribution in [-0.2, 0) is 6.18 Å². The Kier molecular flexibility index (Phi) is 2.22. The van der Waals surface area contributed by atoms with Gasteiger partial charge in [0.1, 0.15) is 5.82 Å². The second-order valence-electron chi connectivity index (χ2n) is 2.99. The molecule has 0 fully saturated rings. The van der Waals surface area contributed by atoms with Crippen LogP contribution in [0.2, 0.25) is 0 Å². The molecule has 0 radical (unpaired) electrons. The number of rotatable bonds is 0. The summed E-state index contributed by atoms with van der Waals surface area (Å²) in [6.07, 6.45) is -3.14. The Morgan fingerprint density at radius 1 is 1.40 bits per heavy atom. The molecule has 0 amide bonds. The summed E-state index contributed by atoms with van der Waals surface area (Å²) in [6.45, 7) is 1.62. The number of nitrogens with zero attached hydrogens (tertiary/aromatic N) is 3. The highest BCUT2D eigenvalue weighted by molar-refractivity contribution is 9.10. The Bertz CT molecular complexity index is 518. The SMILES string of the molecule is Cc1nc2cc(C(F)(F)F)c(Br)cn2n1. The Balaban J connectivity index is 2.72. The second-order valence-corrected chi connectivity index (χ2v) is 3.85. The topological polar surface area (TPSA) is 30.2 Å². The van der Waals surface area contributed by atoms with Gasteiger partial charge in [-0.3, -0.25) is 0 Å². The van der Waals surface area contributed by atoms with Gasteiger partial charge >= 0.3 is 6.18 Å². The monoisotopic (exact) mass is 279 g/mol. The van der Waals surface area contributed by atoms with Crippen molar-refractivity contribution in [2.75, 3.05) is 0 Å². The van der Waals surface area contributed by atoms with Gasteiger partial charge in [-0.1, -0.05) is 0 Å². The molecule has 0 bridgehead atoms. The Hall–Kier alpha value is -1.11. The third-order valence-electron chi connectivity index (χ3n) is 1.84. The highest BCUT2D eigenvalue weighted by Crippen LogP contribution is 2.35. The maximum absolute atomic E-state index is 12.5. The second kappa shape index (κ2) is 3.19. The number of alkyl halides is 3. The molecule has 0 aliphatic heterocycles. The van der Waals surface area contributed by atoms with Crippen LogP contribution < -0.4 is 0 Å². The van der Waals surface area contributed by atoms with Crippen LogP contribution in [0, 0.1) is 6.92 Å². The summed E-state index contributed by atoms with van der Waals surface area (Å²) in [5.41, 5.74) is -0.564. The molecule has 2 heterocycles. The minimum Gasteiger partial charge on any atom is -0.220 e. The molecule has 0 saturated heterocycles. The van der Waals surface area contributed by atoms with Gasteiger partial charge < -0.3 is 0 Å². The van der Waals surface area contributed by atoms with E-state index in [4.69, 9.17) is 0 Å². The third kappa shape index (κ3) is 1.83. The molecule has 0 aliphatic carbocycles. The fourth-order valence-electron chi connectivity index (χ4n) is 1.23. The maximum atomic E-state index is 12.5. The molecule has 80 valence electrons. The van der Waals surface area contributed by atoms with Crippen LogP contribution in [0.15, 0.2) is 16.7 Å². The van der Waals surface area contributed by atoms with Crippen LogP contribution >= 0.6 is 15.9 Å². The molecule has 3 nitrogen and oxygen atoms in total. The van der Waals surface area contributed by atoms with Gasteiger partial charge in [-0.25, -0.2) is 9.50 Å². The van der Waals surface area contributed by atoms with Crippen LogP contribution in [0.25, 0.3) is 5.65 Å². The van der Waals surface area contributed by atoms with Crippen molar-refractivity contribution in [2.24, 2.45) is 0 Å². The molecule has 2 aromatic rings. The van der Waals surface area contributed by atoms with Crippen LogP contribution in [0.3, 0.4) is 0 Å². The predicted molar refractivity (Wildman–Crippen MR) is 50.4 cm³/mol. The van der Waals surface area contributed by atoms with Crippen molar-refractivity contribution in [3.05, 3.63) is 28.1 Å². The zero-order chi connectivity index (χ0) is 11.2. The van der Waals surface area contributed by atoms with Crippen LogP contribution in [0.5, 0.6) is 0 Å². The number of hydrogen-bond donors (Lipinski definition) is 0. The van der Waals surface area contributed by atoms with E-state index in [2.05, 4.69) is 26.0 Å². The molecular weight excluding hydrogens is 275 g/mol. The van der Waals surface area contributed by atoms with Gasteiger partial charge in [-0.05, 0) is 28.9 Å². The third-order valence-corrected chi connectivity index (χ3v) is 2.47. The number of hydrogen-bond acceptors (Lipinski definition) is 2. The highest BCUT2D eigenvalue weighted by atomic mass is 79.9. The molecule has 2 aromatic heterocycles. The van der Waals surface area contributed by atoms with E-state index in [0.717, 1.165) is 6.07 Å². The van der Waals surface area contributed by atoms with Gasteiger partial charge in [0, 0.05) is 10.7 Å². The molecule has 0 aromatic carbocycles. The first-order chi connectivity index (χ1) is 6.88. The molecule has 0 aliphatic rings. The summed E-state index contributed by atoms with van der Waals surface area (Å²) in [5.74, 6) is 0.432. The van der Waals surface area contributed by atoms with E-state index in [1.165, 1.54) is 10.7 Å².